The van der Waals surface area contributed by atoms with Crippen LogP contribution in [0.15, 0.2) is 29.3 Å². The van der Waals surface area contributed by atoms with E-state index in [0.29, 0.717) is 16.3 Å². The van der Waals surface area contributed by atoms with Gasteiger partial charge in [0.1, 0.15) is 4.88 Å². The van der Waals surface area contributed by atoms with Gasteiger partial charge in [0, 0.05) is 18.2 Å². The Kier molecular flexibility index (Phi) is 3.95. The van der Waals surface area contributed by atoms with Crippen LogP contribution < -0.4 is 14.3 Å². The molecule has 0 atom stereocenters. The van der Waals surface area contributed by atoms with Crippen molar-refractivity contribution in [1.82, 2.24) is 4.57 Å². The predicted molar refractivity (Wildman–Crippen MR) is 95.6 cm³/mol. The second-order valence-electron chi connectivity index (χ2n) is 5.16. The summed E-state index contributed by atoms with van der Waals surface area (Å²) >= 11 is 2.07. The average Bonchev–Trinajstić information content (AvgIpc) is 3.32. The third kappa shape index (κ3) is 2.73. The number of nitrogens with zero attached hydrogens (tertiary/aromatic N) is 3. The molecular formula is C16H9N3O5S2. The fourth-order valence-corrected chi connectivity index (χ4v) is 4.21. The molecule has 26 heavy (non-hydrogen) atoms. The highest BCUT2D eigenvalue weighted by molar-refractivity contribution is 7.17. The van der Waals surface area contributed by atoms with E-state index in [1.165, 1.54) is 23.5 Å². The average molecular weight is 387 g/mol. The van der Waals surface area contributed by atoms with Crippen LogP contribution >= 0.6 is 22.7 Å². The quantitative estimate of drug-likeness (QED) is 0.391. The maximum Gasteiger partial charge on any atom is 0.324 e. The van der Waals surface area contributed by atoms with E-state index in [2.05, 4.69) is 10.9 Å². The number of amides is 1. The zero-order valence-corrected chi connectivity index (χ0v) is 14.6. The molecule has 0 spiro atoms. The van der Waals surface area contributed by atoms with Crippen LogP contribution in [0.5, 0.6) is 11.5 Å². The van der Waals surface area contributed by atoms with Gasteiger partial charge >= 0.3 is 5.00 Å². The van der Waals surface area contributed by atoms with E-state index in [9.17, 15) is 14.9 Å². The lowest BCUT2D eigenvalue weighted by Gasteiger charge is -2.01. The van der Waals surface area contributed by atoms with Gasteiger partial charge in [-0.25, -0.2) is 0 Å². The Morgan fingerprint density at radius 1 is 1.35 bits per heavy atom. The van der Waals surface area contributed by atoms with E-state index in [1.54, 1.807) is 10.6 Å². The number of benzene rings is 1. The maximum atomic E-state index is 12.4. The zero-order chi connectivity index (χ0) is 18.3. The van der Waals surface area contributed by atoms with Gasteiger partial charge in [0.25, 0.3) is 5.91 Å². The first-order valence-corrected chi connectivity index (χ1v) is 8.90. The predicted octanol–water partition coefficient (Wildman–Crippen LogP) is 2.78. The van der Waals surface area contributed by atoms with Crippen LogP contribution in [0.2, 0.25) is 0 Å². The number of aromatic nitrogens is 1. The third-order valence-electron chi connectivity index (χ3n) is 3.61. The molecule has 3 heterocycles. The van der Waals surface area contributed by atoms with Gasteiger partial charge in [-0.3, -0.25) is 14.9 Å². The number of carbonyl (C=O) groups excluding carboxylic acids is 1. The van der Waals surface area contributed by atoms with Gasteiger partial charge in [-0.05, 0) is 6.07 Å². The highest BCUT2D eigenvalue weighted by Gasteiger charge is 2.19. The number of fused-ring (bicyclic) bond motifs is 2. The fraction of sp³-hybridized carbons (Fsp3) is 0.125. The van der Waals surface area contributed by atoms with Crippen LogP contribution in [0.3, 0.4) is 0 Å². The van der Waals surface area contributed by atoms with Gasteiger partial charge in [0.2, 0.25) is 6.79 Å². The first-order chi connectivity index (χ1) is 12.6. The lowest BCUT2D eigenvalue weighted by Crippen LogP contribution is -2.16. The molecular weight excluding hydrogens is 378 g/mol. The van der Waals surface area contributed by atoms with E-state index in [0.717, 1.165) is 21.6 Å². The summed E-state index contributed by atoms with van der Waals surface area (Å²) in [7, 11) is 0. The normalized spacial score (nSPS) is 13.1. The van der Waals surface area contributed by atoms with Crippen molar-refractivity contribution in [3.63, 3.8) is 0 Å². The van der Waals surface area contributed by atoms with Crippen molar-refractivity contribution in [1.29, 1.82) is 0 Å². The summed E-state index contributed by atoms with van der Waals surface area (Å²) in [6.45, 7) is 0.380. The largest absolute Gasteiger partial charge is 0.454 e. The van der Waals surface area contributed by atoms with Crippen molar-refractivity contribution < 1.29 is 19.2 Å². The zero-order valence-electron chi connectivity index (χ0n) is 13.0. The first-order valence-electron chi connectivity index (χ1n) is 7.26. The molecule has 1 aliphatic rings. The number of rotatable bonds is 3. The van der Waals surface area contributed by atoms with Crippen molar-refractivity contribution >= 4 is 43.8 Å². The van der Waals surface area contributed by atoms with Gasteiger partial charge in [0.15, 0.2) is 16.3 Å². The lowest BCUT2D eigenvalue weighted by atomic mass is 10.3. The fourth-order valence-electron chi connectivity index (χ4n) is 2.47. The number of thiophene rings is 1. The van der Waals surface area contributed by atoms with Crippen molar-refractivity contribution in [3.8, 4) is 23.8 Å². The van der Waals surface area contributed by atoms with Crippen LogP contribution in [0.25, 0.3) is 10.2 Å². The molecule has 3 aromatic rings. The Morgan fingerprint density at radius 2 is 2.12 bits per heavy atom. The van der Waals surface area contributed by atoms with Crippen LogP contribution in [0.4, 0.5) is 5.00 Å². The monoisotopic (exact) mass is 387 g/mol. The molecule has 0 N–H and O–H groups in total. The Labute approximate surface area is 154 Å². The van der Waals surface area contributed by atoms with Gasteiger partial charge in [-0.15, -0.1) is 6.42 Å². The highest BCUT2D eigenvalue weighted by atomic mass is 32.1. The molecule has 0 radical (unpaired) electrons. The summed E-state index contributed by atoms with van der Waals surface area (Å²) in [6, 6.07) is 6.29. The van der Waals surface area contributed by atoms with Gasteiger partial charge < -0.3 is 14.0 Å². The molecule has 2 aromatic heterocycles. The lowest BCUT2D eigenvalue weighted by molar-refractivity contribution is -0.380. The van der Waals surface area contributed by atoms with Crippen molar-refractivity contribution in [2.75, 3.05) is 6.79 Å². The number of carbonyl (C=O) groups is 1. The van der Waals surface area contributed by atoms with Crippen molar-refractivity contribution in [2.24, 2.45) is 4.99 Å². The highest BCUT2D eigenvalue weighted by Crippen LogP contribution is 2.37. The summed E-state index contributed by atoms with van der Waals surface area (Å²) in [6.07, 6.45) is 5.45. The smallest absolute Gasteiger partial charge is 0.324 e. The molecule has 1 aromatic carbocycles. The van der Waals surface area contributed by atoms with Crippen molar-refractivity contribution in [3.05, 3.63) is 44.1 Å². The van der Waals surface area contributed by atoms with E-state index < -0.39 is 10.8 Å². The van der Waals surface area contributed by atoms with Crippen LogP contribution in [-0.4, -0.2) is 22.2 Å². The number of ether oxygens (including phenoxy) is 2. The second kappa shape index (κ2) is 6.29. The first kappa shape index (κ1) is 16.3. The molecule has 10 heteroatoms. The minimum Gasteiger partial charge on any atom is -0.454 e. The van der Waals surface area contributed by atoms with Gasteiger partial charge in [-0.2, -0.15) is 4.99 Å². The summed E-state index contributed by atoms with van der Waals surface area (Å²) < 4.78 is 13.3. The Bertz CT molecular complexity index is 1160. The number of thiazole rings is 1. The minimum atomic E-state index is -0.555. The number of terminal acetylenes is 1. The molecule has 130 valence electrons. The molecule has 0 bridgehead atoms. The molecule has 1 aliphatic heterocycles. The van der Waals surface area contributed by atoms with E-state index >= 15 is 0 Å². The van der Waals surface area contributed by atoms with Crippen LogP contribution in [-0.2, 0) is 6.54 Å². The summed E-state index contributed by atoms with van der Waals surface area (Å²) in [5.74, 6) is 3.21. The van der Waals surface area contributed by atoms with Crippen molar-refractivity contribution in [2.45, 2.75) is 6.54 Å². The number of nitro groups is 1. The van der Waals surface area contributed by atoms with E-state index in [1.807, 2.05) is 6.07 Å². The van der Waals surface area contributed by atoms with E-state index in [4.69, 9.17) is 15.9 Å². The molecule has 4 rings (SSSR count). The molecule has 8 nitrogen and oxygen atoms in total. The van der Waals surface area contributed by atoms with Crippen LogP contribution in [0.1, 0.15) is 9.67 Å². The maximum absolute atomic E-state index is 12.4. The SMILES string of the molecule is C#CCn1c(=NC(=O)c2ccc([N+](=O)[O-])s2)sc2cc3c(cc21)OCO3. The summed E-state index contributed by atoms with van der Waals surface area (Å²) in [4.78, 5) is 27.3. The topological polar surface area (TPSA) is 96.0 Å². The summed E-state index contributed by atoms with van der Waals surface area (Å²) in [5, 5.41) is 10.7. The molecule has 0 fully saturated rings. The molecule has 0 unspecified atom stereocenters. The standard InChI is InChI=1S/C16H9N3O5S2/c1-2-5-18-9-6-10-11(24-8-23-10)7-13(9)26-16(18)17-15(20)12-3-4-14(25-12)19(21)22/h1,3-4,6-7H,5,8H2. The number of hydrogen-bond donors (Lipinski definition) is 0. The summed E-state index contributed by atoms with van der Waals surface area (Å²) in [5.41, 5.74) is 0.779. The van der Waals surface area contributed by atoms with Gasteiger partial charge in [0.05, 0.1) is 21.7 Å². The second-order valence-corrected chi connectivity index (χ2v) is 7.23. The molecule has 1 amide bonds. The Balaban J connectivity index is 1.83. The third-order valence-corrected chi connectivity index (χ3v) is 5.67. The number of hydrogen-bond acceptors (Lipinski definition) is 7. The Hall–Kier alpha value is -3.16. The molecule has 0 saturated heterocycles. The van der Waals surface area contributed by atoms with E-state index in [-0.39, 0.29) is 23.2 Å². The molecule has 0 saturated carbocycles. The molecule has 0 aliphatic carbocycles. The van der Waals surface area contributed by atoms with Gasteiger partial charge in [-0.1, -0.05) is 28.6 Å². The minimum absolute atomic E-state index is 0.109. The van der Waals surface area contributed by atoms with Crippen LogP contribution in [0, 0.1) is 22.5 Å². The Morgan fingerprint density at radius 3 is 2.81 bits per heavy atom.